The van der Waals surface area contributed by atoms with Crippen LogP contribution < -0.4 is 0 Å². The molecule has 0 unspecified atom stereocenters. The Balaban J connectivity index is 0. The molecule has 0 heterocycles. The summed E-state index contributed by atoms with van der Waals surface area (Å²) in [6.45, 7) is 9.65. The Kier molecular flexibility index (Phi) is 11.1. The molecule has 0 fully saturated rings. The third-order valence-corrected chi connectivity index (χ3v) is 5.16. The summed E-state index contributed by atoms with van der Waals surface area (Å²) in [7, 11) is -5.22. The minimum atomic E-state index is -2.61. The van der Waals surface area contributed by atoms with Gasteiger partial charge >= 0.3 is 17.2 Å². The van der Waals surface area contributed by atoms with E-state index in [9.17, 15) is 20.4 Å². The van der Waals surface area contributed by atoms with Crippen LogP contribution in [0.3, 0.4) is 0 Å². The first-order valence-electron chi connectivity index (χ1n) is 7.15. The van der Waals surface area contributed by atoms with Gasteiger partial charge in [0.05, 0.1) is 30.8 Å². The van der Waals surface area contributed by atoms with E-state index in [2.05, 4.69) is 4.31 Å². The van der Waals surface area contributed by atoms with E-state index in [1.165, 1.54) is 0 Å². The van der Waals surface area contributed by atoms with Crippen molar-refractivity contribution in [2.45, 2.75) is 47.1 Å². The SMILES string of the molecule is CC(C)(C)C(O)(C(C)(C)C)C(CO)(CO)CO.OP(O)OP(O)O. The van der Waals surface area contributed by atoms with E-state index in [1.54, 1.807) is 0 Å². The lowest BCUT2D eigenvalue weighted by atomic mass is 9.51. The van der Waals surface area contributed by atoms with Crippen LogP contribution in [0.5, 0.6) is 0 Å². The molecule has 0 radical (unpaired) electrons. The van der Waals surface area contributed by atoms with E-state index in [4.69, 9.17) is 19.6 Å². The minimum Gasteiger partial charge on any atom is -0.395 e. The Hall–Kier alpha value is 0.500. The first-order chi connectivity index (χ1) is 10.6. The second kappa shape index (κ2) is 10.00. The Morgan fingerprint density at radius 3 is 0.958 bits per heavy atom. The summed E-state index contributed by atoms with van der Waals surface area (Å²) < 4.78 is 3.60. The largest absolute Gasteiger partial charge is 0.395 e. The summed E-state index contributed by atoms with van der Waals surface area (Å²) in [5.74, 6) is 0. The van der Waals surface area contributed by atoms with E-state index in [0.29, 0.717) is 0 Å². The van der Waals surface area contributed by atoms with Gasteiger partial charge in [0.1, 0.15) is 0 Å². The van der Waals surface area contributed by atoms with E-state index in [-0.39, 0.29) is 0 Å². The molecule has 148 valence electrons. The first-order valence-corrected chi connectivity index (χ1v) is 9.48. The van der Waals surface area contributed by atoms with Gasteiger partial charge in [-0.1, -0.05) is 41.5 Å². The van der Waals surface area contributed by atoms with Crippen molar-refractivity contribution in [1.82, 2.24) is 0 Å². The molecule has 0 amide bonds. The smallest absolute Gasteiger partial charge is 0.334 e. The summed E-state index contributed by atoms with van der Waals surface area (Å²) in [4.78, 5) is 31.3. The summed E-state index contributed by atoms with van der Waals surface area (Å²) in [5.41, 5.74) is -3.94. The fourth-order valence-electron chi connectivity index (χ4n) is 3.27. The van der Waals surface area contributed by atoms with Crippen molar-refractivity contribution < 1.29 is 44.3 Å². The molecule has 0 spiro atoms. The lowest BCUT2D eigenvalue weighted by molar-refractivity contribution is -0.252. The van der Waals surface area contributed by atoms with Gasteiger partial charge in [-0.2, -0.15) is 0 Å². The molecule has 0 aromatic heterocycles. The average Bonchev–Trinajstić information content (AvgIpc) is 2.37. The quantitative estimate of drug-likeness (QED) is 0.293. The van der Waals surface area contributed by atoms with Gasteiger partial charge in [-0.05, 0) is 10.8 Å². The van der Waals surface area contributed by atoms with Crippen LogP contribution in [0.1, 0.15) is 41.5 Å². The zero-order valence-electron chi connectivity index (χ0n) is 15.0. The van der Waals surface area contributed by atoms with Gasteiger partial charge in [0.15, 0.2) is 0 Å². The topological polar surface area (TPSA) is 171 Å². The van der Waals surface area contributed by atoms with Gasteiger partial charge in [-0.25, -0.2) is 4.31 Å². The summed E-state index contributed by atoms with van der Waals surface area (Å²) >= 11 is 0. The van der Waals surface area contributed by atoms with E-state index < -0.39 is 58.9 Å². The molecule has 0 aromatic rings. The number of aliphatic hydroxyl groups excluding tert-OH is 3. The van der Waals surface area contributed by atoms with Crippen molar-refractivity contribution >= 4 is 17.2 Å². The fourth-order valence-corrected chi connectivity index (χ4v) is 3.80. The monoisotopic (exact) mass is 394 g/mol. The molecular formula is C13H32O9P2. The molecule has 0 atom stereocenters. The zero-order chi connectivity index (χ0) is 20.0. The predicted molar refractivity (Wildman–Crippen MR) is 91.4 cm³/mol. The lowest BCUT2D eigenvalue weighted by Crippen LogP contribution is -2.68. The van der Waals surface area contributed by atoms with E-state index in [1.807, 2.05) is 41.5 Å². The maximum absolute atomic E-state index is 11.1. The molecule has 0 aliphatic carbocycles. The highest BCUT2D eigenvalue weighted by Gasteiger charge is 2.62. The molecule has 0 aliphatic rings. The predicted octanol–water partition coefficient (Wildman–Crippen LogP) is 0.199. The van der Waals surface area contributed by atoms with Gasteiger partial charge in [0.2, 0.25) is 0 Å². The van der Waals surface area contributed by atoms with Crippen LogP contribution in [0, 0.1) is 16.2 Å². The third-order valence-electron chi connectivity index (χ3n) is 3.99. The Morgan fingerprint density at radius 2 is 0.917 bits per heavy atom. The molecular weight excluding hydrogens is 362 g/mol. The maximum Gasteiger partial charge on any atom is 0.334 e. The van der Waals surface area contributed by atoms with Crippen LogP contribution >= 0.6 is 17.2 Å². The Morgan fingerprint density at radius 1 is 0.667 bits per heavy atom. The van der Waals surface area contributed by atoms with Crippen LogP contribution in [0.25, 0.3) is 0 Å². The van der Waals surface area contributed by atoms with Crippen molar-refractivity contribution in [3.63, 3.8) is 0 Å². The van der Waals surface area contributed by atoms with Gasteiger partial charge < -0.3 is 40.0 Å². The highest BCUT2D eigenvalue weighted by atomic mass is 31.2. The molecule has 11 heteroatoms. The van der Waals surface area contributed by atoms with Crippen LogP contribution in [-0.4, -0.2) is 65.4 Å². The normalized spacial score (nSPS) is 14.0. The molecule has 0 aromatic carbocycles. The molecule has 9 nitrogen and oxygen atoms in total. The first kappa shape index (κ1) is 26.7. The highest BCUT2D eigenvalue weighted by molar-refractivity contribution is 7.53. The number of hydrogen-bond acceptors (Lipinski definition) is 9. The number of hydrogen-bond donors (Lipinski definition) is 8. The molecule has 8 N–H and O–H groups in total. The minimum absolute atomic E-state index is 0.467. The third kappa shape index (κ3) is 6.34. The number of rotatable bonds is 6. The summed E-state index contributed by atoms with van der Waals surface area (Å²) in [5, 5.41) is 39.8. The number of aliphatic hydroxyl groups is 4. The van der Waals surface area contributed by atoms with Crippen LogP contribution in [0.15, 0.2) is 0 Å². The zero-order valence-corrected chi connectivity index (χ0v) is 16.8. The maximum atomic E-state index is 11.1. The molecule has 24 heavy (non-hydrogen) atoms. The van der Waals surface area contributed by atoms with E-state index >= 15 is 0 Å². The standard InChI is InChI=1S/C13H28O4.H4O5P2/c1-10(2,3)13(17,11(4,5)6)12(7-14,8-15)9-16;1-6(2)5-7(3)4/h14-17H,7-9H2,1-6H3;1-4H. The lowest BCUT2D eigenvalue weighted by Gasteiger charge is -2.58. The van der Waals surface area contributed by atoms with Gasteiger partial charge in [0, 0.05) is 0 Å². The second-order valence-corrected chi connectivity index (χ2v) is 9.22. The molecule has 0 saturated carbocycles. The Bertz CT molecular complexity index is 318. The molecule has 0 saturated heterocycles. The van der Waals surface area contributed by atoms with Crippen molar-refractivity contribution in [2.75, 3.05) is 19.8 Å². The van der Waals surface area contributed by atoms with Gasteiger partial charge in [-0.3, -0.25) is 0 Å². The molecule has 0 aliphatic heterocycles. The van der Waals surface area contributed by atoms with Gasteiger partial charge in [-0.15, -0.1) is 0 Å². The van der Waals surface area contributed by atoms with Crippen molar-refractivity contribution in [3.8, 4) is 0 Å². The average molecular weight is 394 g/mol. The van der Waals surface area contributed by atoms with E-state index in [0.717, 1.165) is 0 Å². The molecule has 0 bridgehead atoms. The van der Waals surface area contributed by atoms with Crippen molar-refractivity contribution in [3.05, 3.63) is 0 Å². The fraction of sp³-hybridized carbons (Fsp3) is 1.00. The van der Waals surface area contributed by atoms with Crippen molar-refractivity contribution in [1.29, 1.82) is 0 Å². The second-order valence-electron chi connectivity index (χ2n) is 7.55. The molecule has 0 rings (SSSR count). The van der Waals surface area contributed by atoms with Crippen molar-refractivity contribution in [2.24, 2.45) is 16.2 Å². The highest BCUT2D eigenvalue weighted by Crippen LogP contribution is 2.53. The van der Waals surface area contributed by atoms with Crippen LogP contribution in [0.4, 0.5) is 0 Å². The summed E-state index contributed by atoms with van der Waals surface area (Å²) in [6.07, 6.45) is 0. The Labute approximate surface area is 145 Å². The van der Waals surface area contributed by atoms with Gasteiger partial charge in [0.25, 0.3) is 0 Å². The summed E-state index contributed by atoms with van der Waals surface area (Å²) in [6, 6.07) is 0. The van der Waals surface area contributed by atoms with Crippen LogP contribution in [-0.2, 0) is 4.31 Å². The van der Waals surface area contributed by atoms with Crippen LogP contribution in [0.2, 0.25) is 0 Å².